The predicted molar refractivity (Wildman–Crippen MR) is 118 cm³/mol. The molecule has 0 radical (unpaired) electrons. The van der Waals surface area contributed by atoms with Crippen LogP contribution in [-0.4, -0.2) is 21.2 Å². The minimum atomic E-state index is -0.136. The van der Waals surface area contributed by atoms with Crippen LogP contribution in [0, 0.1) is 13.8 Å². The van der Waals surface area contributed by atoms with Crippen molar-refractivity contribution in [3.8, 4) is 0 Å². The van der Waals surface area contributed by atoms with Crippen molar-refractivity contribution in [2.45, 2.75) is 32.1 Å². The van der Waals surface area contributed by atoms with Crippen molar-refractivity contribution in [1.29, 1.82) is 0 Å². The highest BCUT2D eigenvalue weighted by atomic mass is 35.5. The molecule has 8 heteroatoms. The molecule has 28 heavy (non-hydrogen) atoms. The molecule has 0 bridgehead atoms. The molecule has 1 aromatic carbocycles. The molecule has 0 spiro atoms. The minimum Gasteiger partial charge on any atom is -0.351 e. The number of halogens is 1. The maximum Gasteiger partial charge on any atom is 0.263 e. The molecule has 0 saturated carbocycles. The number of thioether (sulfide) groups is 1. The molecule has 5 nitrogen and oxygen atoms in total. The van der Waals surface area contributed by atoms with Crippen LogP contribution < -0.4 is 10.9 Å². The summed E-state index contributed by atoms with van der Waals surface area (Å²) in [5.41, 5.74) is 1.80. The van der Waals surface area contributed by atoms with Crippen molar-refractivity contribution >= 4 is 50.8 Å². The minimum absolute atomic E-state index is 0.0893. The summed E-state index contributed by atoms with van der Waals surface area (Å²) in [6.45, 7) is 8.39. The second-order valence-electron chi connectivity index (χ2n) is 6.26. The number of rotatable bonds is 7. The number of thiophene rings is 1. The van der Waals surface area contributed by atoms with Gasteiger partial charge in [-0.3, -0.25) is 14.2 Å². The summed E-state index contributed by atoms with van der Waals surface area (Å²) in [5, 5.41) is 4.67. The Labute approximate surface area is 176 Å². The topological polar surface area (TPSA) is 64.0 Å². The van der Waals surface area contributed by atoms with Gasteiger partial charge in [0.2, 0.25) is 5.91 Å². The van der Waals surface area contributed by atoms with Gasteiger partial charge in [0.1, 0.15) is 4.83 Å². The maximum absolute atomic E-state index is 12.9. The van der Waals surface area contributed by atoms with Gasteiger partial charge in [0.05, 0.1) is 11.1 Å². The molecular formula is C20H20ClN3O2S2. The Bertz CT molecular complexity index is 1100. The van der Waals surface area contributed by atoms with Gasteiger partial charge in [0, 0.05) is 23.0 Å². The molecule has 146 valence electrons. The van der Waals surface area contributed by atoms with Gasteiger partial charge in [-0.05, 0) is 37.1 Å². The predicted octanol–water partition coefficient (Wildman–Crippen LogP) is 4.32. The molecule has 0 saturated heterocycles. The molecule has 2 aromatic heterocycles. The molecular weight excluding hydrogens is 414 g/mol. The van der Waals surface area contributed by atoms with E-state index < -0.39 is 0 Å². The van der Waals surface area contributed by atoms with Crippen molar-refractivity contribution in [3.05, 3.63) is 68.3 Å². The van der Waals surface area contributed by atoms with E-state index in [1.165, 1.54) is 23.1 Å². The van der Waals surface area contributed by atoms with Crippen molar-refractivity contribution in [3.63, 3.8) is 0 Å². The highest BCUT2D eigenvalue weighted by Crippen LogP contribution is 2.28. The Morgan fingerprint density at radius 2 is 2.21 bits per heavy atom. The van der Waals surface area contributed by atoms with E-state index in [4.69, 9.17) is 11.6 Å². The lowest BCUT2D eigenvalue weighted by molar-refractivity contribution is -0.118. The molecule has 0 unspecified atom stereocenters. The molecule has 1 N–H and O–H groups in total. The number of carbonyl (C=O) groups is 1. The fraction of sp³-hybridized carbons (Fsp3) is 0.250. The number of aromatic nitrogens is 2. The number of nitrogens with one attached hydrogen (secondary N) is 1. The molecule has 0 aliphatic carbocycles. The Morgan fingerprint density at radius 3 is 2.93 bits per heavy atom. The van der Waals surface area contributed by atoms with Gasteiger partial charge < -0.3 is 5.32 Å². The first-order chi connectivity index (χ1) is 13.4. The van der Waals surface area contributed by atoms with E-state index >= 15 is 0 Å². The van der Waals surface area contributed by atoms with Crippen LogP contribution in [0.4, 0.5) is 0 Å². The van der Waals surface area contributed by atoms with Crippen LogP contribution >= 0.6 is 34.7 Å². The van der Waals surface area contributed by atoms with Crippen molar-refractivity contribution in [2.75, 3.05) is 5.75 Å². The van der Waals surface area contributed by atoms with Crippen molar-refractivity contribution in [1.82, 2.24) is 14.9 Å². The monoisotopic (exact) mass is 433 g/mol. The average Bonchev–Trinajstić information content (AvgIpc) is 2.95. The zero-order valence-corrected chi connectivity index (χ0v) is 18.0. The molecule has 1 amide bonds. The van der Waals surface area contributed by atoms with Crippen LogP contribution in [0.3, 0.4) is 0 Å². The summed E-state index contributed by atoms with van der Waals surface area (Å²) < 4.78 is 1.57. The second-order valence-corrected chi connectivity index (χ2v) is 8.84. The molecule has 0 aliphatic rings. The summed E-state index contributed by atoms with van der Waals surface area (Å²) in [4.78, 5) is 31.6. The van der Waals surface area contributed by atoms with Crippen LogP contribution in [0.5, 0.6) is 0 Å². The van der Waals surface area contributed by atoms with E-state index in [1.807, 2.05) is 32.0 Å². The normalized spacial score (nSPS) is 11.0. The highest BCUT2D eigenvalue weighted by Gasteiger charge is 2.17. The Kier molecular flexibility index (Phi) is 6.59. The second kappa shape index (κ2) is 8.94. The fourth-order valence-electron chi connectivity index (χ4n) is 2.74. The quantitative estimate of drug-likeness (QED) is 0.342. The van der Waals surface area contributed by atoms with E-state index in [1.54, 1.807) is 16.7 Å². The van der Waals surface area contributed by atoms with E-state index in [-0.39, 0.29) is 17.2 Å². The molecule has 0 atom stereocenters. The molecule has 0 fully saturated rings. The number of allylic oxidation sites excluding steroid dienone is 1. The van der Waals surface area contributed by atoms with Gasteiger partial charge in [-0.15, -0.1) is 17.9 Å². The van der Waals surface area contributed by atoms with E-state index in [0.717, 1.165) is 16.0 Å². The Balaban J connectivity index is 1.76. The van der Waals surface area contributed by atoms with Gasteiger partial charge in [-0.1, -0.05) is 41.6 Å². The summed E-state index contributed by atoms with van der Waals surface area (Å²) in [5.74, 6) is 0.0296. The lowest BCUT2D eigenvalue weighted by Crippen LogP contribution is -2.26. The fourth-order valence-corrected chi connectivity index (χ4v) is 4.86. The maximum atomic E-state index is 12.9. The summed E-state index contributed by atoms with van der Waals surface area (Å²) in [6, 6.07) is 7.35. The lowest BCUT2D eigenvalue weighted by Gasteiger charge is -2.10. The summed E-state index contributed by atoms with van der Waals surface area (Å²) in [7, 11) is 0. The van der Waals surface area contributed by atoms with Crippen LogP contribution in [0.25, 0.3) is 10.2 Å². The first kappa shape index (κ1) is 20.6. The van der Waals surface area contributed by atoms with E-state index in [9.17, 15) is 9.59 Å². The van der Waals surface area contributed by atoms with E-state index in [0.29, 0.717) is 33.5 Å². The first-order valence-corrected chi connectivity index (χ1v) is 10.8. The average molecular weight is 434 g/mol. The van der Waals surface area contributed by atoms with Crippen LogP contribution in [0.2, 0.25) is 5.02 Å². The van der Waals surface area contributed by atoms with Crippen LogP contribution in [0.1, 0.15) is 16.0 Å². The van der Waals surface area contributed by atoms with Crippen LogP contribution in [0.15, 0.2) is 46.9 Å². The van der Waals surface area contributed by atoms with Gasteiger partial charge in [0.25, 0.3) is 5.56 Å². The highest BCUT2D eigenvalue weighted by molar-refractivity contribution is 7.99. The third-order valence-electron chi connectivity index (χ3n) is 4.28. The van der Waals surface area contributed by atoms with Gasteiger partial charge in [-0.2, -0.15) is 0 Å². The zero-order chi connectivity index (χ0) is 20.3. The SMILES string of the molecule is C=CCn1c(SCC(=O)NCc2cccc(Cl)c2)nc2sc(C)c(C)c2c1=O. The van der Waals surface area contributed by atoms with Gasteiger partial charge in [0.15, 0.2) is 5.16 Å². The standard InChI is InChI=1S/C20H20ClN3O2S2/c1-4-8-24-19(26)17-12(2)13(3)28-18(17)23-20(24)27-11-16(25)22-10-14-6-5-7-15(21)9-14/h4-7,9H,1,8,10-11H2,2-3H3,(H,22,25). The third kappa shape index (κ3) is 4.48. The molecule has 3 rings (SSSR count). The number of fused-ring (bicyclic) bond motifs is 1. The summed E-state index contributed by atoms with van der Waals surface area (Å²) >= 11 is 8.71. The van der Waals surface area contributed by atoms with Gasteiger partial charge >= 0.3 is 0 Å². The molecule has 3 aromatic rings. The summed E-state index contributed by atoms with van der Waals surface area (Å²) in [6.07, 6.45) is 1.66. The number of hydrogen-bond acceptors (Lipinski definition) is 5. The van der Waals surface area contributed by atoms with Crippen molar-refractivity contribution < 1.29 is 4.79 Å². The number of nitrogens with zero attached hydrogens (tertiary/aromatic N) is 2. The van der Waals surface area contributed by atoms with Crippen LogP contribution in [-0.2, 0) is 17.9 Å². The molecule has 2 heterocycles. The smallest absolute Gasteiger partial charge is 0.263 e. The number of benzene rings is 1. The third-order valence-corrected chi connectivity index (χ3v) is 6.59. The Hall–Kier alpha value is -2.09. The number of carbonyl (C=O) groups excluding carboxylic acids is 1. The van der Waals surface area contributed by atoms with Crippen molar-refractivity contribution in [2.24, 2.45) is 0 Å². The lowest BCUT2D eigenvalue weighted by atomic mass is 10.2. The molecule has 0 aliphatic heterocycles. The number of amides is 1. The first-order valence-electron chi connectivity index (χ1n) is 8.66. The number of aryl methyl sites for hydroxylation is 2. The zero-order valence-electron chi connectivity index (χ0n) is 15.6. The number of hydrogen-bond donors (Lipinski definition) is 1. The Morgan fingerprint density at radius 1 is 1.43 bits per heavy atom. The van der Waals surface area contributed by atoms with Gasteiger partial charge in [-0.25, -0.2) is 4.98 Å². The van der Waals surface area contributed by atoms with E-state index in [2.05, 4.69) is 16.9 Å². The largest absolute Gasteiger partial charge is 0.351 e.